The van der Waals surface area contributed by atoms with Gasteiger partial charge in [-0.15, -0.1) is 0 Å². The molecule has 2 aliphatic rings. The SMILES string of the molecule is COC1OC(COC2OC(COC(C)=O)C(OC(C)=O)C(OC(C)=O)C2OC(C)=O)C(OC(=O)c2ccccc2)C(OC(=O)c2ccccc2)C1OC(=O)c1ccccc1. The Morgan fingerprint density at radius 3 is 1.23 bits per heavy atom. The number of hydrogen-bond acceptors (Lipinski definition) is 18. The normalized spacial score (nSPS) is 26.0. The number of carbonyl (C=O) groups is 7. The Labute approximate surface area is 344 Å². The van der Waals surface area contributed by atoms with E-state index in [0.717, 1.165) is 27.7 Å². The summed E-state index contributed by atoms with van der Waals surface area (Å²) in [5, 5.41) is 0. The third kappa shape index (κ3) is 11.9. The number of rotatable bonds is 15. The molecule has 3 aromatic carbocycles. The lowest BCUT2D eigenvalue weighted by Gasteiger charge is -2.46. The average Bonchev–Trinajstić information content (AvgIpc) is 3.22. The van der Waals surface area contributed by atoms with Gasteiger partial charge >= 0.3 is 41.8 Å². The van der Waals surface area contributed by atoms with E-state index < -0.39 is 116 Å². The summed E-state index contributed by atoms with van der Waals surface area (Å²) in [6, 6.07) is 23.6. The third-order valence-electron chi connectivity index (χ3n) is 8.95. The summed E-state index contributed by atoms with van der Waals surface area (Å²) >= 11 is 0. The van der Waals surface area contributed by atoms with Crippen LogP contribution >= 0.6 is 0 Å². The standard InChI is InChI=1S/C42H44O18/c1-23(43)51-21-30-32(53-24(2)44)34(54-25(3)45)37(55-26(4)46)42(57-30)52-22-31-33(58-38(47)27-15-9-6-10-16-27)35(59-39(48)28-17-11-7-12-18-28)36(41(50-5)56-31)60-40(49)29-19-13-8-14-20-29/h6-20,30-37,41-42H,21-22H2,1-5H3. The topological polar surface area (TPSA) is 221 Å². The summed E-state index contributed by atoms with van der Waals surface area (Å²) < 4.78 is 63.7. The molecule has 2 fully saturated rings. The van der Waals surface area contributed by atoms with Gasteiger partial charge in [0.15, 0.2) is 49.2 Å². The number of carbonyl (C=O) groups excluding carboxylic acids is 7. The third-order valence-corrected chi connectivity index (χ3v) is 8.95. The van der Waals surface area contributed by atoms with Crippen LogP contribution in [-0.4, -0.2) is 124 Å². The minimum atomic E-state index is -1.68. The predicted octanol–water partition coefficient (Wildman–Crippen LogP) is 3.13. The van der Waals surface area contributed by atoms with Crippen LogP contribution in [0.4, 0.5) is 0 Å². The molecule has 320 valence electrons. The van der Waals surface area contributed by atoms with Gasteiger partial charge in [-0.2, -0.15) is 0 Å². The highest BCUT2D eigenvalue weighted by atomic mass is 16.8. The molecule has 5 rings (SSSR count). The predicted molar refractivity (Wildman–Crippen MR) is 201 cm³/mol. The number of esters is 7. The molecule has 0 N–H and O–H groups in total. The van der Waals surface area contributed by atoms with Crippen molar-refractivity contribution in [3.05, 3.63) is 108 Å². The molecule has 2 aliphatic heterocycles. The van der Waals surface area contributed by atoms with E-state index in [4.69, 9.17) is 52.1 Å². The molecule has 0 aromatic heterocycles. The van der Waals surface area contributed by atoms with E-state index in [2.05, 4.69) is 0 Å². The Hall–Kier alpha value is -6.21. The van der Waals surface area contributed by atoms with Gasteiger partial charge in [-0.1, -0.05) is 54.6 Å². The summed E-state index contributed by atoms with van der Waals surface area (Å²) in [5.41, 5.74) is 0.327. The minimum absolute atomic E-state index is 0.0941. The maximum Gasteiger partial charge on any atom is 0.338 e. The zero-order chi connectivity index (χ0) is 43.3. The van der Waals surface area contributed by atoms with E-state index in [1.165, 1.54) is 43.5 Å². The fourth-order valence-corrected chi connectivity index (χ4v) is 6.41. The van der Waals surface area contributed by atoms with Crippen molar-refractivity contribution < 1.29 is 85.7 Å². The molecule has 2 heterocycles. The van der Waals surface area contributed by atoms with Crippen molar-refractivity contribution in [3.63, 3.8) is 0 Å². The summed E-state index contributed by atoms with van der Waals surface area (Å²) in [4.78, 5) is 90.0. The molecule has 2 saturated heterocycles. The van der Waals surface area contributed by atoms with Gasteiger partial charge < -0.3 is 52.1 Å². The van der Waals surface area contributed by atoms with Crippen molar-refractivity contribution in [2.45, 2.75) is 89.1 Å². The molecule has 10 atom stereocenters. The van der Waals surface area contributed by atoms with Crippen LogP contribution < -0.4 is 0 Å². The molecule has 0 spiro atoms. The largest absolute Gasteiger partial charge is 0.463 e. The molecule has 3 aromatic rings. The maximum absolute atomic E-state index is 13.8. The van der Waals surface area contributed by atoms with Crippen LogP contribution in [0.2, 0.25) is 0 Å². The highest BCUT2D eigenvalue weighted by molar-refractivity contribution is 5.91. The second-order valence-corrected chi connectivity index (χ2v) is 13.4. The summed E-state index contributed by atoms with van der Waals surface area (Å²) in [6.45, 7) is 3.14. The summed E-state index contributed by atoms with van der Waals surface area (Å²) in [7, 11) is 1.23. The lowest BCUT2D eigenvalue weighted by Crippen LogP contribution is -2.65. The monoisotopic (exact) mass is 836 g/mol. The van der Waals surface area contributed by atoms with E-state index >= 15 is 0 Å². The molecule has 18 nitrogen and oxygen atoms in total. The molecule has 0 aliphatic carbocycles. The second kappa shape index (κ2) is 21.2. The zero-order valence-corrected chi connectivity index (χ0v) is 33.2. The first-order valence-electron chi connectivity index (χ1n) is 18.6. The lowest BCUT2D eigenvalue weighted by atomic mass is 9.97. The smallest absolute Gasteiger partial charge is 0.338 e. The summed E-state index contributed by atoms with van der Waals surface area (Å²) in [5.74, 6) is -5.96. The van der Waals surface area contributed by atoms with Crippen molar-refractivity contribution in [2.75, 3.05) is 20.3 Å². The van der Waals surface area contributed by atoms with E-state index in [1.54, 1.807) is 54.6 Å². The van der Waals surface area contributed by atoms with Gasteiger partial charge in [0.25, 0.3) is 0 Å². The van der Waals surface area contributed by atoms with Gasteiger partial charge in [-0.05, 0) is 36.4 Å². The highest BCUT2D eigenvalue weighted by Crippen LogP contribution is 2.34. The first kappa shape index (κ1) is 44.9. The zero-order valence-electron chi connectivity index (χ0n) is 33.2. The van der Waals surface area contributed by atoms with Crippen LogP contribution in [0.15, 0.2) is 91.0 Å². The molecule has 0 amide bonds. The molecule has 60 heavy (non-hydrogen) atoms. The molecule has 10 unspecified atom stereocenters. The van der Waals surface area contributed by atoms with Crippen LogP contribution in [0.25, 0.3) is 0 Å². The molecule has 0 bridgehead atoms. The van der Waals surface area contributed by atoms with E-state index in [-0.39, 0.29) is 16.7 Å². The number of ether oxygens (including phenoxy) is 11. The Morgan fingerprint density at radius 2 is 0.783 bits per heavy atom. The van der Waals surface area contributed by atoms with E-state index in [0.29, 0.717) is 0 Å². The summed E-state index contributed by atoms with van der Waals surface area (Å²) in [6.07, 6.45) is -15.5. The lowest BCUT2D eigenvalue weighted by molar-refractivity contribution is -0.329. The fourth-order valence-electron chi connectivity index (χ4n) is 6.41. The minimum Gasteiger partial charge on any atom is -0.463 e. The van der Waals surface area contributed by atoms with Crippen LogP contribution in [0.3, 0.4) is 0 Å². The highest BCUT2D eigenvalue weighted by Gasteiger charge is 2.56. The van der Waals surface area contributed by atoms with Gasteiger partial charge in [-0.3, -0.25) is 19.2 Å². The van der Waals surface area contributed by atoms with Crippen LogP contribution in [0, 0.1) is 0 Å². The van der Waals surface area contributed by atoms with Crippen molar-refractivity contribution in [3.8, 4) is 0 Å². The van der Waals surface area contributed by atoms with Crippen LogP contribution in [0.5, 0.6) is 0 Å². The van der Waals surface area contributed by atoms with Gasteiger partial charge in [-0.25, -0.2) is 14.4 Å². The van der Waals surface area contributed by atoms with E-state index in [9.17, 15) is 33.6 Å². The first-order chi connectivity index (χ1) is 28.7. The molecular weight excluding hydrogens is 792 g/mol. The van der Waals surface area contributed by atoms with Gasteiger partial charge in [0.1, 0.15) is 18.8 Å². The second-order valence-electron chi connectivity index (χ2n) is 13.4. The molecule has 0 saturated carbocycles. The van der Waals surface area contributed by atoms with Crippen LogP contribution in [0.1, 0.15) is 58.8 Å². The average molecular weight is 837 g/mol. The molecule has 0 radical (unpaired) electrons. The van der Waals surface area contributed by atoms with Crippen molar-refractivity contribution in [2.24, 2.45) is 0 Å². The van der Waals surface area contributed by atoms with Gasteiger partial charge in [0.05, 0.1) is 23.3 Å². The quantitative estimate of drug-likeness (QED) is 0.158. The van der Waals surface area contributed by atoms with E-state index in [1.807, 2.05) is 0 Å². The van der Waals surface area contributed by atoms with Crippen molar-refractivity contribution in [1.29, 1.82) is 0 Å². The maximum atomic E-state index is 13.8. The Balaban J connectivity index is 1.55. The molecular formula is C42H44O18. The Kier molecular flexibility index (Phi) is 15.8. The molecule has 18 heteroatoms. The Bertz CT molecular complexity index is 1960. The number of hydrogen-bond donors (Lipinski definition) is 0. The van der Waals surface area contributed by atoms with Crippen LogP contribution in [-0.2, 0) is 71.3 Å². The van der Waals surface area contributed by atoms with Gasteiger partial charge in [0.2, 0.25) is 0 Å². The van der Waals surface area contributed by atoms with Gasteiger partial charge in [0, 0.05) is 34.8 Å². The van der Waals surface area contributed by atoms with Crippen molar-refractivity contribution >= 4 is 41.8 Å². The fraction of sp³-hybridized carbons (Fsp3) is 0.405. The number of benzene rings is 3. The number of methoxy groups -OCH3 is 1. The Morgan fingerprint density at radius 1 is 0.433 bits per heavy atom. The van der Waals surface area contributed by atoms with Crippen molar-refractivity contribution in [1.82, 2.24) is 0 Å². The first-order valence-corrected chi connectivity index (χ1v) is 18.6.